The number of hydrogen-bond donors (Lipinski definition) is 2. The maximum absolute atomic E-state index is 12.6. The number of nitrogens with zero attached hydrogens (tertiary/aromatic N) is 3. The van der Waals surface area contributed by atoms with Gasteiger partial charge in [-0.25, -0.2) is 0 Å². The first-order valence-corrected chi connectivity index (χ1v) is 8.20. The van der Waals surface area contributed by atoms with Crippen LogP contribution in [0.1, 0.15) is 21.8 Å². The summed E-state index contributed by atoms with van der Waals surface area (Å²) in [7, 11) is 1.84. The lowest BCUT2D eigenvalue weighted by Crippen LogP contribution is -2.14. The molecular weight excluding hydrogens is 334 g/mol. The summed E-state index contributed by atoms with van der Waals surface area (Å²) in [5.74, 6) is 0.886. The standard InChI is InChI=1S/C18H21N5O3/c1-11-17(12(2)26-22-11)18(24)21-13-4-5-16(25-9-7-19)14(10-13)15-6-8-20-23(15)3/h4-6,8,10H,7,9,19H2,1-3H3,(H,21,24). The van der Waals surface area contributed by atoms with Gasteiger partial charge in [-0.15, -0.1) is 0 Å². The lowest BCUT2D eigenvalue weighted by atomic mass is 10.1. The molecule has 3 rings (SSSR count). The van der Waals surface area contributed by atoms with Crippen LogP contribution in [0.4, 0.5) is 5.69 Å². The van der Waals surface area contributed by atoms with Crippen molar-refractivity contribution in [2.75, 3.05) is 18.5 Å². The van der Waals surface area contributed by atoms with Gasteiger partial charge in [0.1, 0.15) is 23.7 Å². The Labute approximate surface area is 150 Å². The van der Waals surface area contributed by atoms with Crippen molar-refractivity contribution in [1.82, 2.24) is 14.9 Å². The number of ether oxygens (including phenoxy) is 1. The summed E-state index contributed by atoms with van der Waals surface area (Å²) in [6.07, 6.45) is 1.71. The Morgan fingerprint density at radius 1 is 1.35 bits per heavy atom. The molecule has 26 heavy (non-hydrogen) atoms. The molecule has 0 aliphatic carbocycles. The summed E-state index contributed by atoms with van der Waals surface area (Å²) in [6.45, 7) is 4.25. The van der Waals surface area contributed by atoms with Gasteiger partial charge in [-0.05, 0) is 38.1 Å². The van der Waals surface area contributed by atoms with E-state index in [2.05, 4.69) is 15.6 Å². The summed E-state index contributed by atoms with van der Waals surface area (Å²) in [6, 6.07) is 7.31. The normalized spacial score (nSPS) is 10.8. The van der Waals surface area contributed by atoms with Crippen LogP contribution in [-0.4, -0.2) is 34.0 Å². The number of rotatable bonds is 6. The van der Waals surface area contributed by atoms with E-state index in [0.29, 0.717) is 41.6 Å². The van der Waals surface area contributed by atoms with Crippen LogP contribution in [0, 0.1) is 13.8 Å². The van der Waals surface area contributed by atoms with Crippen LogP contribution in [0.3, 0.4) is 0 Å². The molecule has 0 bridgehead atoms. The molecule has 2 aromatic heterocycles. The highest BCUT2D eigenvalue weighted by Gasteiger charge is 2.18. The Bertz CT molecular complexity index is 909. The quantitative estimate of drug-likeness (QED) is 0.702. The minimum absolute atomic E-state index is 0.271. The van der Waals surface area contributed by atoms with Gasteiger partial charge in [-0.3, -0.25) is 9.48 Å². The molecule has 8 nitrogen and oxygen atoms in total. The first-order chi connectivity index (χ1) is 12.5. The molecule has 1 amide bonds. The van der Waals surface area contributed by atoms with Crippen LogP contribution in [-0.2, 0) is 7.05 Å². The van der Waals surface area contributed by atoms with E-state index in [-0.39, 0.29) is 5.91 Å². The molecule has 3 aromatic rings. The molecular formula is C18H21N5O3. The van der Waals surface area contributed by atoms with Crippen LogP contribution in [0.25, 0.3) is 11.3 Å². The Morgan fingerprint density at radius 2 is 2.15 bits per heavy atom. The molecule has 1 aromatic carbocycles. The number of aryl methyl sites for hydroxylation is 3. The van der Waals surface area contributed by atoms with Gasteiger partial charge in [-0.2, -0.15) is 5.10 Å². The summed E-state index contributed by atoms with van der Waals surface area (Å²) >= 11 is 0. The fraction of sp³-hybridized carbons (Fsp3) is 0.278. The summed E-state index contributed by atoms with van der Waals surface area (Å²) < 4.78 is 12.5. The van der Waals surface area contributed by atoms with Crippen molar-refractivity contribution in [3.05, 3.63) is 47.5 Å². The van der Waals surface area contributed by atoms with Gasteiger partial charge in [0.25, 0.3) is 5.91 Å². The lowest BCUT2D eigenvalue weighted by molar-refractivity contribution is 0.102. The first kappa shape index (κ1) is 17.7. The van der Waals surface area contributed by atoms with E-state index < -0.39 is 0 Å². The van der Waals surface area contributed by atoms with Crippen molar-refractivity contribution in [2.24, 2.45) is 12.8 Å². The van der Waals surface area contributed by atoms with Crippen molar-refractivity contribution in [1.29, 1.82) is 0 Å². The molecule has 0 saturated heterocycles. The zero-order chi connectivity index (χ0) is 18.7. The van der Waals surface area contributed by atoms with Crippen molar-refractivity contribution < 1.29 is 14.1 Å². The van der Waals surface area contributed by atoms with Crippen LogP contribution in [0.5, 0.6) is 5.75 Å². The molecule has 8 heteroatoms. The van der Waals surface area contributed by atoms with Crippen molar-refractivity contribution in [3.8, 4) is 17.0 Å². The topological polar surface area (TPSA) is 108 Å². The van der Waals surface area contributed by atoms with E-state index in [9.17, 15) is 4.79 Å². The Balaban J connectivity index is 1.94. The van der Waals surface area contributed by atoms with E-state index in [1.807, 2.05) is 19.2 Å². The molecule has 136 valence electrons. The number of carbonyl (C=O) groups excluding carboxylic acids is 1. The third-order valence-electron chi connectivity index (χ3n) is 3.97. The van der Waals surface area contributed by atoms with Gasteiger partial charge >= 0.3 is 0 Å². The predicted molar refractivity (Wildman–Crippen MR) is 97.1 cm³/mol. The summed E-state index contributed by atoms with van der Waals surface area (Å²) in [5.41, 5.74) is 8.84. The zero-order valence-electron chi connectivity index (χ0n) is 14.9. The van der Waals surface area contributed by atoms with E-state index >= 15 is 0 Å². The highest BCUT2D eigenvalue weighted by molar-refractivity contribution is 6.06. The van der Waals surface area contributed by atoms with E-state index in [1.54, 1.807) is 36.9 Å². The molecule has 0 radical (unpaired) electrons. The fourth-order valence-corrected chi connectivity index (χ4v) is 2.74. The predicted octanol–water partition coefficient (Wildman–Crippen LogP) is 2.28. The molecule has 0 atom stereocenters. The van der Waals surface area contributed by atoms with Crippen LogP contribution in [0.2, 0.25) is 0 Å². The number of carbonyl (C=O) groups is 1. The summed E-state index contributed by atoms with van der Waals surface area (Å²) in [4.78, 5) is 12.6. The average Bonchev–Trinajstić information content (AvgIpc) is 3.18. The van der Waals surface area contributed by atoms with Gasteiger partial charge in [0, 0.05) is 31.0 Å². The number of amides is 1. The average molecular weight is 355 g/mol. The lowest BCUT2D eigenvalue weighted by Gasteiger charge is -2.14. The molecule has 2 heterocycles. The minimum atomic E-state index is -0.271. The Kier molecular flexibility index (Phi) is 5.04. The Hall–Kier alpha value is -3.13. The smallest absolute Gasteiger partial charge is 0.261 e. The molecule has 0 saturated carbocycles. The molecule has 0 fully saturated rings. The van der Waals surface area contributed by atoms with Crippen LogP contribution >= 0.6 is 0 Å². The molecule has 0 unspecified atom stereocenters. The van der Waals surface area contributed by atoms with Gasteiger partial charge in [0.05, 0.1) is 11.4 Å². The van der Waals surface area contributed by atoms with Crippen LogP contribution in [0.15, 0.2) is 35.0 Å². The first-order valence-electron chi connectivity index (χ1n) is 8.20. The van der Waals surface area contributed by atoms with Gasteiger partial charge in [-0.1, -0.05) is 5.16 Å². The number of aromatic nitrogens is 3. The Morgan fingerprint density at radius 3 is 2.77 bits per heavy atom. The SMILES string of the molecule is Cc1noc(C)c1C(=O)Nc1ccc(OCCN)c(-c2ccnn2C)c1. The van der Waals surface area contributed by atoms with Crippen LogP contribution < -0.4 is 15.8 Å². The highest BCUT2D eigenvalue weighted by atomic mass is 16.5. The van der Waals surface area contributed by atoms with Crippen molar-refractivity contribution in [3.63, 3.8) is 0 Å². The van der Waals surface area contributed by atoms with Crippen molar-refractivity contribution >= 4 is 11.6 Å². The maximum Gasteiger partial charge on any atom is 0.261 e. The summed E-state index contributed by atoms with van der Waals surface area (Å²) in [5, 5.41) is 10.9. The number of nitrogens with one attached hydrogen (secondary N) is 1. The van der Waals surface area contributed by atoms with Gasteiger partial charge in [0.15, 0.2) is 0 Å². The number of benzene rings is 1. The number of hydrogen-bond acceptors (Lipinski definition) is 6. The number of anilines is 1. The highest BCUT2D eigenvalue weighted by Crippen LogP contribution is 2.32. The maximum atomic E-state index is 12.6. The minimum Gasteiger partial charge on any atom is -0.492 e. The molecule has 0 aliphatic rings. The zero-order valence-corrected chi connectivity index (χ0v) is 14.9. The second-order valence-corrected chi connectivity index (χ2v) is 5.84. The van der Waals surface area contributed by atoms with Gasteiger partial charge in [0.2, 0.25) is 0 Å². The van der Waals surface area contributed by atoms with E-state index in [4.69, 9.17) is 15.0 Å². The third-order valence-corrected chi connectivity index (χ3v) is 3.97. The van der Waals surface area contributed by atoms with E-state index in [1.165, 1.54) is 0 Å². The third kappa shape index (κ3) is 3.45. The second-order valence-electron chi connectivity index (χ2n) is 5.84. The van der Waals surface area contributed by atoms with Crippen molar-refractivity contribution in [2.45, 2.75) is 13.8 Å². The fourth-order valence-electron chi connectivity index (χ4n) is 2.74. The second kappa shape index (κ2) is 7.40. The van der Waals surface area contributed by atoms with E-state index in [0.717, 1.165) is 11.3 Å². The molecule has 0 spiro atoms. The number of nitrogens with two attached hydrogens (primary N) is 1. The van der Waals surface area contributed by atoms with Gasteiger partial charge < -0.3 is 20.3 Å². The monoisotopic (exact) mass is 355 g/mol. The molecule has 3 N–H and O–H groups in total. The largest absolute Gasteiger partial charge is 0.492 e. The molecule has 0 aliphatic heterocycles.